The molecule has 4 amide bonds. The number of imidazole rings is 2. The molecule has 2 aromatic carbocycles. The molecule has 2 aromatic heterocycles. The molecule has 4 aromatic rings. The summed E-state index contributed by atoms with van der Waals surface area (Å²) < 4.78 is 4.78. The summed E-state index contributed by atoms with van der Waals surface area (Å²) >= 11 is 0. The van der Waals surface area contributed by atoms with Crippen LogP contribution in [-0.4, -0.2) is 85.7 Å². The zero-order valence-corrected chi connectivity index (χ0v) is 32.6. The van der Waals surface area contributed by atoms with Crippen molar-refractivity contribution in [3.8, 4) is 33.6 Å². The van der Waals surface area contributed by atoms with E-state index in [1.165, 1.54) is 12.7 Å². The Labute approximate surface area is 326 Å². The highest BCUT2D eigenvalue weighted by Crippen LogP contribution is 2.39. The molecule has 296 valence electrons. The van der Waals surface area contributed by atoms with Gasteiger partial charge in [0.2, 0.25) is 11.8 Å². The highest BCUT2D eigenvalue weighted by Gasteiger charge is 2.39. The molecule has 56 heavy (non-hydrogen) atoms. The zero-order chi connectivity index (χ0) is 39.7. The lowest BCUT2D eigenvalue weighted by atomic mass is 9.89. The predicted molar refractivity (Wildman–Crippen MR) is 211 cm³/mol. The largest absolute Gasteiger partial charge is 0.465 e. The quantitative estimate of drug-likeness (QED) is 0.102. The van der Waals surface area contributed by atoms with Crippen molar-refractivity contribution in [2.45, 2.75) is 103 Å². The first kappa shape index (κ1) is 38.6. The first-order chi connectivity index (χ1) is 26.9. The van der Waals surface area contributed by atoms with E-state index in [1.54, 1.807) is 0 Å². The van der Waals surface area contributed by atoms with E-state index in [1.807, 2.05) is 38.8 Å². The van der Waals surface area contributed by atoms with Crippen LogP contribution in [0.25, 0.3) is 33.6 Å². The van der Waals surface area contributed by atoms with Gasteiger partial charge in [-0.05, 0) is 72.6 Å². The number of carboxylic acid groups (broad SMARTS) is 1. The van der Waals surface area contributed by atoms with Crippen molar-refractivity contribution in [3.63, 3.8) is 0 Å². The van der Waals surface area contributed by atoms with Crippen LogP contribution in [0.3, 0.4) is 0 Å². The summed E-state index contributed by atoms with van der Waals surface area (Å²) in [6, 6.07) is 13.1. The number of carbonyl (C=O) groups excluding carboxylic acids is 3. The van der Waals surface area contributed by atoms with E-state index in [-0.39, 0.29) is 41.7 Å². The molecular weight excluding hydrogens is 713 g/mol. The van der Waals surface area contributed by atoms with Gasteiger partial charge in [0.1, 0.15) is 23.7 Å². The van der Waals surface area contributed by atoms with Gasteiger partial charge >= 0.3 is 12.2 Å². The van der Waals surface area contributed by atoms with Gasteiger partial charge in [0, 0.05) is 29.8 Å². The lowest BCUT2D eigenvalue weighted by Crippen LogP contribution is -2.52. The number of rotatable bonds is 11. The van der Waals surface area contributed by atoms with Gasteiger partial charge in [-0.1, -0.05) is 76.6 Å². The topological polar surface area (TPSA) is 194 Å². The minimum Gasteiger partial charge on any atom is -0.465 e. The molecule has 0 bridgehead atoms. The lowest BCUT2D eigenvalue weighted by Gasteiger charge is -2.30. The van der Waals surface area contributed by atoms with E-state index in [0.717, 1.165) is 95.9 Å². The normalized spacial score (nSPS) is 20.0. The third-order valence-corrected chi connectivity index (χ3v) is 11.6. The third kappa shape index (κ3) is 7.87. The summed E-state index contributed by atoms with van der Waals surface area (Å²) in [4.78, 5) is 68.7. The molecule has 14 nitrogen and oxygen atoms in total. The van der Waals surface area contributed by atoms with Crippen molar-refractivity contribution in [1.82, 2.24) is 40.8 Å². The van der Waals surface area contributed by atoms with Crippen molar-refractivity contribution < 1.29 is 29.0 Å². The maximum absolute atomic E-state index is 13.7. The highest BCUT2D eigenvalue weighted by molar-refractivity contribution is 5.87. The molecule has 2 aliphatic carbocycles. The number of nitrogens with one attached hydrogen (secondary N) is 5. The van der Waals surface area contributed by atoms with Gasteiger partial charge in [-0.15, -0.1) is 0 Å². The Bertz CT molecular complexity index is 2090. The van der Waals surface area contributed by atoms with E-state index < -0.39 is 24.3 Å². The number of fused-ring (bicyclic) bond motifs is 3. The Morgan fingerprint density at radius 2 is 1.59 bits per heavy atom. The second kappa shape index (κ2) is 16.2. The Morgan fingerprint density at radius 3 is 2.30 bits per heavy atom. The first-order valence-electron chi connectivity index (χ1n) is 19.7. The molecule has 0 unspecified atom stereocenters. The van der Waals surface area contributed by atoms with Crippen molar-refractivity contribution >= 4 is 24.0 Å². The number of aromatic nitrogens is 4. The number of aryl methyl sites for hydroxylation is 2. The van der Waals surface area contributed by atoms with Crippen molar-refractivity contribution in [2.75, 3.05) is 13.7 Å². The lowest BCUT2D eigenvalue weighted by molar-refractivity contribution is -0.135. The van der Waals surface area contributed by atoms with Gasteiger partial charge in [0.25, 0.3) is 0 Å². The van der Waals surface area contributed by atoms with Crippen LogP contribution in [0.5, 0.6) is 0 Å². The predicted octanol–water partition coefficient (Wildman–Crippen LogP) is 6.32. The second-order valence-corrected chi connectivity index (χ2v) is 16.0. The van der Waals surface area contributed by atoms with E-state index >= 15 is 0 Å². The van der Waals surface area contributed by atoms with E-state index in [0.29, 0.717) is 6.54 Å². The number of likely N-dealkylation sites (tertiary alicyclic amines) is 1. The fourth-order valence-corrected chi connectivity index (χ4v) is 8.57. The fourth-order valence-electron chi connectivity index (χ4n) is 8.57. The number of nitrogens with zero attached hydrogens (tertiary/aromatic N) is 3. The average molecular weight is 765 g/mol. The minimum absolute atomic E-state index is 0.0124. The number of hydrogen-bond donors (Lipinski definition) is 6. The summed E-state index contributed by atoms with van der Waals surface area (Å²) in [6.07, 6.45) is 5.98. The van der Waals surface area contributed by atoms with Gasteiger partial charge in [-0.3, -0.25) is 9.59 Å². The van der Waals surface area contributed by atoms with Gasteiger partial charge < -0.3 is 40.7 Å². The number of hydrogen-bond acceptors (Lipinski definition) is 7. The number of benzene rings is 2. The fraction of sp³-hybridized carbons (Fsp3) is 0.476. The molecule has 14 heteroatoms. The van der Waals surface area contributed by atoms with E-state index in [4.69, 9.17) is 14.7 Å². The van der Waals surface area contributed by atoms with Gasteiger partial charge in [-0.2, -0.15) is 0 Å². The molecule has 5 atom stereocenters. The molecule has 3 aliphatic rings. The molecule has 1 aliphatic heterocycles. The number of H-pyrrole nitrogens is 2. The summed E-state index contributed by atoms with van der Waals surface area (Å²) in [7, 11) is 1.30. The van der Waals surface area contributed by atoms with Crippen molar-refractivity contribution in [1.29, 1.82) is 0 Å². The Hall–Kier alpha value is -5.66. The minimum atomic E-state index is -1.21. The number of carbonyl (C=O) groups is 4. The second-order valence-electron chi connectivity index (χ2n) is 16.0. The molecule has 0 radical (unpaired) electrons. The molecule has 1 saturated carbocycles. The Kier molecular flexibility index (Phi) is 11.2. The number of methoxy groups -OCH3 is 1. The smallest absolute Gasteiger partial charge is 0.407 e. The van der Waals surface area contributed by atoms with Gasteiger partial charge in [-0.25, -0.2) is 19.6 Å². The Morgan fingerprint density at radius 1 is 0.857 bits per heavy atom. The van der Waals surface area contributed by atoms with Crippen LogP contribution in [0.15, 0.2) is 48.7 Å². The van der Waals surface area contributed by atoms with Gasteiger partial charge in [0.15, 0.2) is 0 Å². The first-order valence-corrected chi connectivity index (χ1v) is 19.7. The Balaban J connectivity index is 1.03. The number of amides is 4. The van der Waals surface area contributed by atoms with Crippen molar-refractivity contribution in [2.24, 2.45) is 11.8 Å². The van der Waals surface area contributed by atoms with E-state index in [9.17, 15) is 24.3 Å². The van der Waals surface area contributed by atoms with E-state index in [2.05, 4.69) is 68.4 Å². The van der Waals surface area contributed by atoms with Crippen LogP contribution in [0, 0.1) is 11.8 Å². The molecule has 1 saturated heterocycles. The zero-order valence-electron chi connectivity index (χ0n) is 32.6. The van der Waals surface area contributed by atoms with Crippen LogP contribution < -0.4 is 16.0 Å². The van der Waals surface area contributed by atoms with Crippen LogP contribution in [0.2, 0.25) is 0 Å². The monoisotopic (exact) mass is 764 g/mol. The van der Waals surface area contributed by atoms with Crippen LogP contribution in [-0.2, 0) is 27.2 Å². The van der Waals surface area contributed by atoms with Gasteiger partial charge in [0.05, 0.1) is 30.7 Å². The SMILES string of the molecule is COC(=O)N[C@H](C(=O)N1CCC[C@H]1c1nc2c([nH]1)CCc1cc(-c3ccc(-c4cnc([C@@H]5CCC[C@@H]5NC(=O)[C@@H](NC(=O)O)C(C)C)[nH]4)cc3)ccc1-2)C(C)C. The molecular formula is C42H52N8O6. The van der Waals surface area contributed by atoms with Crippen LogP contribution in [0.4, 0.5) is 9.59 Å². The molecule has 7 rings (SSSR count). The number of alkyl carbamates (subject to hydrolysis) is 1. The number of aromatic amines is 2. The average Bonchev–Trinajstić information content (AvgIpc) is 4.01. The molecule has 0 spiro atoms. The maximum atomic E-state index is 13.7. The maximum Gasteiger partial charge on any atom is 0.407 e. The summed E-state index contributed by atoms with van der Waals surface area (Å²) in [5.41, 5.74) is 8.46. The molecule has 6 N–H and O–H groups in total. The third-order valence-electron chi connectivity index (χ3n) is 11.6. The molecule has 2 fully saturated rings. The number of ether oxygens (including phenoxy) is 1. The van der Waals surface area contributed by atoms with Crippen molar-refractivity contribution in [3.05, 3.63) is 71.6 Å². The highest BCUT2D eigenvalue weighted by atomic mass is 16.5. The van der Waals surface area contributed by atoms with Crippen LogP contribution >= 0.6 is 0 Å². The van der Waals surface area contributed by atoms with Crippen LogP contribution in [0.1, 0.15) is 94.7 Å². The summed E-state index contributed by atoms with van der Waals surface area (Å²) in [6.45, 7) is 8.08. The standard InChI is InChI=1S/C42H52N8O6/c1-22(2)34(48-41(53)54)39(51)46-30-9-6-8-29(30)37-43-21-32(45-37)25-13-11-24(12-14-25)26-15-17-28-27(20-26)16-18-31-36(28)47-38(44-31)33-10-7-19-50(33)40(52)35(23(3)4)49-42(55)56-5/h11-15,17,20-23,29-30,33-35,48H,6-10,16,18-19H2,1-5H3,(H,43,45)(H,44,47)(H,46,51)(H,49,55)(H,53,54)/t29-,30+,33+,34+,35+/m1/s1. The summed E-state index contributed by atoms with van der Waals surface area (Å²) in [5.74, 6) is 0.904. The molecule has 3 heterocycles. The summed E-state index contributed by atoms with van der Waals surface area (Å²) in [5, 5.41) is 17.4.